The number of hydrogen-bond donors (Lipinski definition) is 2. The average Bonchev–Trinajstić information content (AvgIpc) is 3.13. The topological polar surface area (TPSA) is 71.8 Å². The van der Waals surface area contributed by atoms with Gasteiger partial charge in [-0.05, 0) is 78.8 Å². The Morgan fingerprint density at radius 1 is 1.06 bits per heavy atom. The van der Waals surface area contributed by atoms with Crippen LogP contribution < -0.4 is 10.6 Å². The molecular formula is C22H17ClFN5OS. The van der Waals surface area contributed by atoms with Crippen LogP contribution in [0, 0.1) is 12.7 Å². The fraction of sp³-hybridized carbons (Fsp3) is 0.0909. The van der Waals surface area contributed by atoms with Crippen molar-refractivity contribution in [3.8, 4) is 5.69 Å². The van der Waals surface area contributed by atoms with Crippen LogP contribution in [0.25, 0.3) is 16.7 Å². The van der Waals surface area contributed by atoms with Gasteiger partial charge in [0.1, 0.15) is 16.9 Å². The number of amides is 1. The van der Waals surface area contributed by atoms with Gasteiger partial charge in [-0.2, -0.15) is 4.80 Å². The molecule has 0 aliphatic carbocycles. The van der Waals surface area contributed by atoms with Crippen molar-refractivity contribution in [1.29, 1.82) is 0 Å². The molecule has 0 saturated heterocycles. The van der Waals surface area contributed by atoms with Crippen molar-refractivity contribution in [2.45, 2.75) is 13.3 Å². The average molecular weight is 454 g/mol. The monoisotopic (exact) mass is 453 g/mol. The molecule has 6 nitrogen and oxygen atoms in total. The van der Waals surface area contributed by atoms with Gasteiger partial charge in [0, 0.05) is 10.7 Å². The number of fused-ring (bicyclic) bond motifs is 1. The molecule has 1 heterocycles. The normalized spacial score (nSPS) is 10.8. The van der Waals surface area contributed by atoms with Gasteiger partial charge in [0.15, 0.2) is 5.11 Å². The van der Waals surface area contributed by atoms with Crippen LogP contribution in [0.5, 0.6) is 0 Å². The second-order valence-electron chi connectivity index (χ2n) is 6.93. The van der Waals surface area contributed by atoms with E-state index in [-0.39, 0.29) is 23.3 Å². The Morgan fingerprint density at radius 3 is 2.39 bits per heavy atom. The van der Waals surface area contributed by atoms with E-state index in [1.165, 1.54) is 16.9 Å². The van der Waals surface area contributed by atoms with Crippen LogP contribution in [0.4, 0.5) is 10.1 Å². The highest BCUT2D eigenvalue weighted by Gasteiger charge is 2.11. The molecule has 0 saturated carbocycles. The number of aryl methyl sites for hydroxylation is 1. The van der Waals surface area contributed by atoms with E-state index in [4.69, 9.17) is 23.8 Å². The summed E-state index contributed by atoms with van der Waals surface area (Å²) >= 11 is 11.1. The Hall–Kier alpha value is -3.36. The van der Waals surface area contributed by atoms with Crippen LogP contribution in [0.1, 0.15) is 11.1 Å². The summed E-state index contributed by atoms with van der Waals surface area (Å²) in [5.74, 6) is -0.560. The Morgan fingerprint density at radius 2 is 1.71 bits per heavy atom. The lowest BCUT2D eigenvalue weighted by Gasteiger charge is -2.11. The summed E-state index contributed by atoms with van der Waals surface area (Å²) in [5, 5.41) is 15.4. The van der Waals surface area contributed by atoms with Crippen LogP contribution in [0.2, 0.25) is 5.02 Å². The second kappa shape index (κ2) is 8.79. The summed E-state index contributed by atoms with van der Waals surface area (Å²) in [4.78, 5) is 13.7. The van der Waals surface area contributed by atoms with E-state index in [2.05, 4.69) is 20.8 Å². The van der Waals surface area contributed by atoms with Crippen molar-refractivity contribution in [1.82, 2.24) is 20.3 Å². The van der Waals surface area contributed by atoms with Gasteiger partial charge >= 0.3 is 0 Å². The Labute approximate surface area is 188 Å². The fourth-order valence-electron chi connectivity index (χ4n) is 3.00. The largest absolute Gasteiger partial charge is 0.332 e. The van der Waals surface area contributed by atoms with E-state index in [0.29, 0.717) is 27.4 Å². The molecule has 0 atom stereocenters. The summed E-state index contributed by atoms with van der Waals surface area (Å²) in [6.07, 6.45) is 0.184. The lowest BCUT2D eigenvalue weighted by atomic mass is 10.1. The number of halogens is 2. The third-order valence-electron chi connectivity index (χ3n) is 4.56. The smallest absolute Gasteiger partial charge is 0.230 e. The van der Waals surface area contributed by atoms with Crippen LogP contribution >= 0.6 is 23.8 Å². The zero-order valence-electron chi connectivity index (χ0n) is 16.4. The zero-order valence-corrected chi connectivity index (χ0v) is 18.0. The number of anilines is 1. The van der Waals surface area contributed by atoms with Crippen molar-refractivity contribution in [2.24, 2.45) is 0 Å². The molecule has 0 aliphatic heterocycles. The molecule has 2 N–H and O–H groups in total. The highest BCUT2D eigenvalue weighted by atomic mass is 35.5. The Bertz CT molecular complexity index is 1270. The maximum Gasteiger partial charge on any atom is 0.230 e. The minimum atomic E-state index is -0.325. The number of thiocarbonyl (C=S) groups is 1. The molecule has 0 fully saturated rings. The molecule has 0 bridgehead atoms. The first-order valence-electron chi connectivity index (χ1n) is 9.36. The first-order valence-corrected chi connectivity index (χ1v) is 10.1. The van der Waals surface area contributed by atoms with E-state index in [9.17, 15) is 9.18 Å². The molecular weight excluding hydrogens is 437 g/mol. The second-order valence-corrected chi connectivity index (χ2v) is 7.77. The molecule has 0 spiro atoms. The number of hydrogen-bond acceptors (Lipinski definition) is 4. The molecule has 1 amide bonds. The molecule has 3 aromatic carbocycles. The van der Waals surface area contributed by atoms with Crippen LogP contribution in [-0.4, -0.2) is 26.0 Å². The highest BCUT2D eigenvalue weighted by molar-refractivity contribution is 7.80. The van der Waals surface area contributed by atoms with Crippen LogP contribution in [0.3, 0.4) is 0 Å². The van der Waals surface area contributed by atoms with Gasteiger partial charge in [-0.1, -0.05) is 23.7 Å². The van der Waals surface area contributed by atoms with Gasteiger partial charge in [0.05, 0.1) is 12.1 Å². The molecule has 0 radical (unpaired) electrons. The molecule has 31 heavy (non-hydrogen) atoms. The molecule has 4 aromatic rings. The zero-order chi connectivity index (χ0) is 22.0. The number of carbonyl (C=O) groups is 1. The van der Waals surface area contributed by atoms with Crippen molar-refractivity contribution in [3.05, 3.63) is 82.6 Å². The number of benzene rings is 3. The minimum Gasteiger partial charge on any atom is -0.332 e. The van der Waals surface area contributed by atoms with Gasteiger partial charge in [-0.15, -0.1) is 10.2 Å². The highest BCUT2D eigenvalue weighted by Crippen LogP contribution is 2.22. The van der Waals surface area contributed by atoms with Gasteiger partial charge < -0.3 is 10.6 Å². The number of carbonyl (C=O) groups excluding carboxylic acids is 1. The standard InChI is InChI=1S/C22H17ClFN5OS/c1-13-10-19-20(28-29(27-19)17-8-6-16(24)7-9-17)12-18(13)25-22(31)26-21(30)11-14-2-4-15(23)5-3-14/h2-10,12H,11H2,1H3,(H2,25,26,30,31). The minimum absolute atomic E-state index is 0.184. The third kappa shape index (κ3) is 5.04. The number of nitrogens with one attached hydrogen (secondary N) is 2. The molecule has 156 valence electrons. The number of nitrogens with zero attached hydrogens (tertiary/aromatic N) is 3. The van der Waals surface area contributed by atoms with E-state index < -0.39 is 0 Å². The van der Waals surface area contributed by atoms with Gasteiger partial charge in [-0.3, -0.25) is 4.79 Å². The van der Waals surface area contributed by atoms with Crippen molar-refractivity contribution >= 4 is 51.6 Å². The van der Waals surface area contributed by atoms with Crippen molar-refractivity contribution < 1.29 is 9.18 Å². The van der Waals surface area contributed by atoms with E-state index >= 15 is 0 Å². The van der Waals surface area contributed by atoms with E-state index in [0.717, 1.165) is 11.1 Å². The van der Waals surface area contributed by atoms with Crippen LogP contribution in [-0.2, 0) is 11.2 Å². The predicted octanol–water partition coefficient (Wildman–Crippen LogP) is 4.58. The fourth-order valence-corrected chi connectivity index (χ4v) is 3.35. The summed E-state index contributed by atoms with van der Waals surface area (Å²) in [6.45, 7) is 1.90. The molecule has 4 rings (SSSR count). The summed E-state index contributed by atoms with van der Waals surface area (Å²) < 4.78 is 13.2. The van der Waals surface area contributed by atoms with Crippen molar-refractivity contribution in [2.75, 3.05) is 5.32 Å². The van der Waals surface area contributed by atoms with Gasteiger partial charge in [0.2, 0.25) is 5.91 Å². The molecule has 1 aromatic heterocycles. The Balaban J connectivity index is 1.46. The van der Waals surface area contributed by atoms with E-state index in [1.807, 2.05) is 13.0 Å². The number of rotatable bonds is 4. The van der Waals surface area contributed by atoms with E-state index in [1.54, 1.807) is 42.5 Å². The molecule has 0 aliphatic rings. The van der Waals surface area contributed by atoms with Gasteiger partial charge in [0.25, 0.3) is 0 Å². The lowest BCUT2D eigenvalue weighted by Crippen LogP contribution is -2.35. The Kier molecular flexibility index (Phi) is 5.92. The maximum atomic E-state index is 13.2. The quantitative estimate of drug-likeness (QED) is 0.443. The third-order valence-corrected chi connectivity index (χ3v) is 5.02. The first kappa shape index (κ1) is 20.9. The molecule has 9 heteroatoms. The summed E-state index contributed by atoms with van der Waals surface area (Å²) in [5.41, 5.74) is 4.38. The summed E-state index contributed by atoms with van der Waals surface area (Å²) in [6, 6.07) is 16.6. The first-order chi connectivity index (χ1) is 14.9. The lowest BCUT2D eigenvalue weighted by molar-refractivity contribution is -0.119. The SMILES string of the molecule is Cc1cc2nn(-c3ccc(F)cc3)nc2cc1NC(=S)NC(=O)Cc1ccc(Cl)cc1. The van der Waals surface area contributed by atoms with Crippen LogP contribution in [0.15, 0.2) is 60.7 Å². The molecule has 0 unspecified atom stereocenters. The maximum absolute atomic E-state index is 13.2. The van der Waals surface area contributed by atoms with Gasteiger partial charge in [-0.25, -0.2) is 4.39 Å². The number of aromatic nitrogens is 3. The predicted molar refractivity (Wildman–Crippen MR) is 123 cm³/mol. The van der Waals surface area contributed by atoms with Crippen molar-refractivity contribution in [3.63, 3.8) is 0 Å². The summed E-state index contributed by atoms with van der Waals surface area (Å²) in [7, 11) is 0.